The van der Waals surface area contributed by atoms with Gasteiger partial charge in [0.15, 0.2) is 0 Å². The lowest BCUT2D eigenvalue weighted by Gasteiger charge is -2.20. The number of nitrogens with zero attached hydrogens (tertiary/aromatic N) is 1. The lowest BCUT2D eigenvalue weighted by atomic mass is 10.1. The molecule has 1 rings (SSSR count). The molecule has 1 aromatic heterocycles. The Morgan fingerprint density at radius 1 is 1.58 bits per heavy atom. The Balaban J connectivity index is 2.87. The highest BCUT2D eigenvalue weighted by Crippen LogP contribution is 2.12. The number of nitrogens with two attached hydrogens (primary N) is 1. The van der Waals surface area contributed by atoms with E-state index in [0.29, 0.717) is 0 Å². The summed E-state index contributed by atoms with van der Waals surface area (Å²) in [7, 11) is -2.38. The monoisotopic (exact) mass is 291 g/mol. The normalized spacial score (nSPS) is 15.0. The lowest BCUT2D eigenvalue weighted by molar-refractivity contribution is 0.00313. The molecule has 0 saturated carbocycles. The lowest BCUT2D eigenvalue weighted by Crippen LogP contribution is -2.43. The van der Waals surface area contributed by atoms with Crippen molar-refractivity contribution in [2.75, 3.05) is 13.2 Å². The summed E-state index contributed by atoms with van der Waals surface area (Å²) in [6, 6.07) is 1.14. The number of aryl methyl sites for hydroxylation is 1. The highest BCUT2D eigenvalue weighted by Gasteiger charge is 2.22. The fourth-order valence-electron chi connectivity index (χ4n) is 1.33. The third-order valence-electron chi connectivity index (χ3n) is 2.51. The summed E-state index contributed by atoms with van der Waals surface area (Å²) in [5.41, 5.74) is -1.36. The van der Waals surface area contributed by atoms with Gasteiger partial charge in [0.25, 0.3) is 5.91 Å². The fraction of sp³-hybridized carbons (Fsp3) is 0.500. The van der Waals surface area contributed by atoms with Crippen LogP contribution in [0.25, 0.3) is 0 Å². The molecule has 0 saturated heterocycles. The molecule has 1 aromatic rings. The van der Waals surface area contributed by atoms with Crippen LogP contribution in [0.5, 0.6) is 0 Å². The molecular formula is C10H17N3O5S. The molecule has 0 aromatic carbocycles. The topological polar surface area (TPSA) is 135 Å². The van der Waals surface area contributed by atoms with Crippen LogP contribution < -0.4 is 10.5 Å². The predicted octanol–water partition coefficient (Wildman–Crippen LogP) is -1.85. The van der Waals surface area contributed by atoms with E-state index in [1.54, 1.807) is 0 Å². The van der Waals surface area contributed by atoms with Crippen LogP contribution in [0.15, 0.2) is 17.2 Å². The van der Waals surface area contributed by atoms with Gasteiger partial charge in [0.05, 0.1) is 6.61 Å². The first-order valence-electron chi connectivity index (χ1n) is 5.37. The molecule has 1 atom stereocenters. The Morgan fingerprint density at radius 3 is 2.58 bits per heavy atom. The largest absolute Gasteiger partial charge is 0.393 e. The zero-order chi connectivity index (χ0) is 14.8. The second-order valence-corrected chi connectivity index (χ2v) is 6.12. The molecule has 1 unspecified atom stereocenters. The third kappa shape index (κ3) is 4.03. The highest BCUT2D eigenvalue weighted by molar-refractivity contribution is 7.89. The zero-order valence-corrected chi connectivity index (χ0v) is 11.4. The maximum atomic E-state index is 11.8. The maximum absolute atomic E-state index is 11.8. The number of amides is 1. The van der Waals surface area contributed by atoms with E-state index < -0.39 is 28.1 Å². The summed E-state index contributed by atoms with van der Waals surface area (Å²) in [6.45, 7) is 0.676. The second-order valence-electron chi connectivity index (χ2n) is 4.55. The van der Waals surface area contributed by atoms with Gasteiger partial charge in [0, 0.05) is 19.8 Å². The van der Waals surface area contributed by atoms with Gasteiger partial charge in [-0.3, -0.25) is 4.79 Å². The molecule has 1 amide bonds. The van der Waals surface area contributed by atoms with Crippen LogP contribution in [0.3, 0.4) is 0 Å². The van der Waals surface area contributed by atoms with E-state index in [2.05, 4.69) is 5.32 Å². The second kappa shape index (κ2) is 5.29. The molecule has 9 heteroatoms. The molecular weight excluding hydrogens is 274 g/mol. The van der Waals surface area contributed by atoms with E-state index in [-0.39, 0.29) is 17.1 Å². The van der Waals surface area contributed by atoms with E-state index in [1.807, 2.05) is 0 Å². The molecule has 1 heterocycles. The van der Waals surface area contributed by atoms with Gasteiger partial charge >= 0.3 is 0 Å². The molecule has 0 radical (unpaired) electrons. The van der Waals surface area contributed by atoms with Crippen molar-refractivity contribution in [2.45, 2.75) is 17.4 Å². The number of carbonyl (C=O) groups excluding carboxylic acids is 1. The van der Waals surface area contributed by atoms with Gasteiger partial charge in [-0.2, -0.15) is 0 Å². The summed E-state index contributed by atoms with van der Waals surface area (Å²) >= 11 is 0. The van der Waals surface area contributed by atoms with Crippen molar-refractivity contribution < 1.29 is 23.4 Å². The van der Waals surface area contributed by atoms with Crippen molar-refractivity contribution >= 4 is 15.9 Å². The first-order valence-corrected chi connectivity index (χ1v) is 6.92. The van der Waals surface area contributed by atoms with Crippen LogP contribution in [0.1, 0.15) is 17.4 Å². The minimum atomic E-state index is -3.88. The zero-order valence-electron chi connectivity index (χ0n) is 10.6. The Bertz CT molecular complexity index is 576. The molecule has 0 bridgehead atoms. The van der Waals surface area contributed by atoms with E-state index >= 15 is 0 Å². The Hall–Kier alpha value is -1.42. The van der Waals surface area contributed by atoms with E-state index in [9.17, 15) is 18.3 Å². The quantitative estimate of drug-likeness (QED) is 0.505. The van der Waals surface area contributed by atoms with Gasteiger partial charge in [-0.15, -0.1) is 0 Å². The van der Waals surface area contributed by atoms with Gasteiger partial charge in [0.1, 0.15) is 16.2 Å². The number of aliphatic hydroxyl groups excluding tert-OH is 1. The van der Waals surface area contributed by atoms with Gasteiger partial charge in [-0.1, -0.05) is 0 Å². The van der Waals surface area contributed by atoms with E-state index in [1.165, 1.54) is 24.7 Å². The van der Waals surface area contributed by atoms with Crippen LogP contribution in [0.2, 0.25) is 0 Å². The average molecular weight is 291 g/mol. The molecule has 19 heavy (non-hydrogen) atoms. The number of sulfonamides is 1. The van der Waals surface area contributed by atoms with Gasteiger partial charge in [0.2, 0.25) is 10.0 Å². The SMILES string of the molecule is Cn1cc(S(N)(=O)=O)cc1C(=O)NCC(C)(O)CO. The van der Waals surface area contributed by atoms with Crippen molar-refractivity contribution in [3.8, 4) is 0 Å². The minimum absolute atomic E-state index is 0.0813. The molecule has 0 spiro atoms. The molecule has 0 aliphatic rings. The number of aliphatic hydroxyl groups is 2. The molecule has 8 nitrogen and oxygen atoms in total. The molecule has 0 aliphatic carbocycles. The predicted molar refractivity (Wildman–Crippen MR) is 66.8 cm³/mol. The third-order valence-corrected chi connectivity index (χ3v) is 3.39. The van der Waals surface area contributed by atoms with Crippen LogP contribution in [-0.4, -0.2) is 47.9 Å². The average Bonchev–Trinajstić information content (AvgIpc) is 2.68. The summed E-state index contributed by atoms with van der Waals surface area (Å²) in [5.74, 6) is -0.578. The van der Waals surface area contributed by atoms with Crippen molar-refractivity contribution in [3.63, 3.8) is 0 Å². The molecule has 0 fully saturated rings. The number of aromatic nitrogens is 1. The minimum Gasteiger partial charge on any atom is -0.393 e. The first kappa shape index (κ1) is 15.6. The Kier molecular flexibility index (Phi) is 4.35. The molecule has 108 valence electrons. The van der Waals surface area contributed by atoms with Crippen LogP contribution in [-0.2, 0) is 17.1 Å². The van der Waals surface area contributed by atoms with Crippen LogP contribution in [0.4, 0.5) is 0 Å². The Morgan fingerprint density at radius 2 is 2.16 bits per heavy atom. The number of nitrogens with one attached hydrogen (secondary N) is 1. The van der Waals surface area contributed by atoms with Crippen molar-refractivity contribution in [3.05, 3.63) is 18.0 Å². The number of rotatable bonds is 5. The van der Waals surface area contributed by atoms with Crippen LogP contribution >= 0.6 is 0 Å². The smallest absolute Gasteiger partial charge is 0.268 e. The Labute approximate surface area is 110 Å². The first-order chi connectivity index (χ1) is 8.57. The van der Waals surface area contributed by atoms with E-state index in [4.69, 9.17) is 10.2 Å². The van der Waals surface area contributed by atoms with Gasteiger partial charge < -0.3 is 20.1 Å². The highest BCUT2D eigenvalue weighted by atomic mass is 32.2. The summed E-state index contributed by atoms with van der Waals surface area (Å²) in [4.78, 5) is 11.6. The molecule has 0 aliphatic heterocycles. The standard InChI is InChI=1S/C10H17N3O5S/c1-10(16,6-14)5-12-9(15)8-3-7(4-13(8)2)19(11,17)18/h3-4,14,16H,5-6H2,1-2H3,(H,12,15)(H2,11,17,18). The van der Waals surface area contributed by atoms with Gasteiger partial charge in [-0.05, 0) is 13.0 Å². The number of primary sulfonamides is 1. The van der Waals surface area contributed by atoms with E-state index in [0.717, 1.165) is 6.07 Å². The number of hydrogen-bond acceptors (Lipinski definition) is 5. The summed E-state index contributed by atoms with van der Waals surface area (Å²) < 4.78 is 23.6. The molecule has 5 N–H and O–H groups in total. The van der Waals surface area contributed by atoms with Crippen molar-refractivity contribution in [2.24, 2.45) is 12.2 Å². The number of hydrogen-bond donors (Lipinski definition) is 4. The van der Waals surface area contributed by atoms with Crippen LogP contribution in [0, 0.1) is 0 Å². The van der Waals surface area contributed by atoms with Crippen molar-refractivity contribution in [1.29, 1.82) is 0 Å². The summed E-state index contributed by atoms with van der Waals surface area (Å²) in [6.07, 6.45) is 1.22. The number of carbonyl (C=O) groups is 1. The van der Waals surface area contributed by atoms with Crippen molar-refractivity contribution in [1.82, 2.24) is 9.88 Å². The summed E-state index contributed by atoms with van der Waals surface area (Å²) in [5, 5.41) is 25.7. The van der Waals surface area contributed by atoms with Gasteiger partial charge in [-0.25, -0.2) is 13.6 Å². The fourth-order valence-corrected chi connectivity index (χ4v) is 1.91. The maximum Gasteiger partial charge on any atom is 0.268 e.